The van der Waals surface area contributed by atoms with Gasteiger partial charge in [0.2, 0.25) is 0 Å². The van der Waals surface area contributed by atoms with Crippen LogP contribution in [0.2, 0.25) is 0 Å². The molecule has 0 N–H and O–H groups in total. The lowest BCUT2D eigenvalue weighted by Gasteiger charge is -1.94. The molecular formula is C10H14O. The van der Waals surface area contributed by atoms with Crippen LogP contribution in [0.1, 0.15) is 32.6 Å². The van der Waals surface area contributed by atoms with Crippen molar-refractivity contribution in [2.75, 3.05) is 0 Å². The number of ketones is 1. The van der Waals surface area contributed by atoms with Gasteiger partial charge in [-0.1, -0.05) is 13.3 Å². The summed E-state index contributed by atoms with van der Waals surface area (Å²) in [6.07, 6.45) is 8.98. The van der Waals surface area contributed by atoms with E-state index in [1.54, 1.807) is 0 Å². The second kappa shape index (κ2) is 3.57. The number of hydrogen-bond acceptors (Lipinski definition) is 1. The third kappa shape index (κ3) is 2.08. The molecule has 1 fully saturated rings. The molecule has 0 spiro atoms. The van der Waals surface area contributed by atoms with Crippen LogP contribution in [0.15, 0.2) is 0 Å². The van der Waals surface area contributed by atoms with Gasteiger partial charge in [-0.3, -0.25) is 4.79 Å². The summed E-state index contributed by atoms with van der Waals surface area (Å²) < 4.78 is 0. The Morgan fingerprint density at radius 1 is 1.73 bits per heavy atom. The van der Waals surface area contributed by atoms with Crippen LogP contribution in [0.3, 0.4) is 0 Å². The van der Waals surface area contributed by atoms with Gasteiger partial charge in [0.05, 0.1) is 0 Å². The number of terminal acetylenes is 1. The summed E-state index contributed by atoms with van der Waals surface area (Å²) in [5.41, 5.74) is 0. The summed E-state index contributed by atoms with van der Waals surface area (Å²) in [7, 11) is 0. The van der Waals surface area contributed by atoms with E-state index < -0.39 is 0 Å². The summed E-state index contributed by atoms with van der Waals surface area (Å²) in [5.74, 6) is 3.52. The van der Waals surface area contributed by atoms with Crippen molar-refractivity contribution in [3.05, 3.63) is 0 Å². The van der Waals surface area contributed by atoms with Crippen LogP contribution in [0.25, 0.3) is 0 Å². The molecule has 1 rings (SSSR count). The molecule has 0 aromatic carbocycles. The number of hydrogen-bond donors (Lipinski definition) is 0. The first-order chi connectivity index (χ1) is 5.29. The molecule has 0 bridgehead atoms. The normalized spacial score (nSPS) is 27.6. The van der Waals surface area contributed by atoms with Crippen LogP contribution in [0.4, 0.5) is 0 Å². The molecule has 2 atom stereocenters. The van der Waals surface area contributed by atoms with Gasteiger partial charge in [0.15, 0.2) is 0 Å². The Hall–Kier alpha value is -0.770. The summed E-state index contributed by atoms with van der Waals surface area (Å²) in [4.78, 5) is 11.2. The molecule has 1 heteroatoms. The lowest BCUT2D eigenvalue weighted by molar-refractivity contribution is -0.120. The predicted molar refractivity (Wildman–Crippen MR) is 45.0 cm³/mol. The zero-order chi connectivity index (χ0) is 8.27. The average Bonchev–Trinajstić information content (AvgIpc) is 2.78. The van der Waals surface area contributed by atoms with E-state index in [0.717, 1.165) is 25.7 Å². The molecule has 0 amide bonds. The molecule has 1 nitrogen and oxygen atoms in total. The van der Waals surface area contributed by atoms with Crippen molar-refractivity contribution in [3.8, 4) is 12.3 Å². The molecule has 0 radical (unpaired) electrons. The first kappa shape index (κ1) is 8.33. The van der Waals surface area contributed by atoms with E-state index in [2.05, 4.69) is 12.8 Å². The fourth-order valence-corrected chi connectivity index (χ4v) is 1.27. The van der Waals surface area contributed by atoms with Gasteiger partial charge in [-0.25, -0.2) is 0 Å². The van der Waals surface area contributed by atoms with Crippen LogP contribution >= 0.6 is 0 Å². The second-order valence-corrected chi connectivity index (χ2v) is 3.19. The summed E-state index contributed by atoms with van der Waals surface area (Å²) in [6.45, 7) is 2.10. The van der Waals surface area contributed by atoms with Gasteiger partial charge < -0.3 is 0 Å². The molecule has 0 aliphatic heterocycles. The molecule has 0 saturated heterocycles. The average molecular weight is 150 g/mol. The van der Waals surface area contributed by atoms with E-state index in [0.29, 0.717) is 5.78 Å². The van der Waals surface area contributed by atoms with Crippen LogP contribution in [-0.2, 0) is 4.79 Å². The van der Waals surface area contributed by atoms with Crippen molar-refractivity contribution >= 4 is 5.78 Å². The number of Topliss-reactive ketones (excluding diaryl/α,β-unsaturated/α-hetero) is 1. The highest BCUT2D eigenvalue weighted by atomic mass is 16.1. The molecule has 0 heterocycles. The maximum atomic E-state index is 11.2. The Morgan fingerprint density at radius 3 is 2.91 bits per heavy atom. The van der Waals surface area contributed by atoms with Crippen molar-refractivity contribution in [1.29, 1.82) is 0 Å². The van der Waals surface area contributed by atoms with Crippen molar-refractivity contribution in [3.63, 3.8) is 0 Å². The van der Waals surface area contributed by atoms with Crippen LogP contribution in [-0.4, -0.2) is 5.78 Å². The molecule has 2 unspecified atom stereocenters. The van der Waals surface area contributed by atoms with Crippen molar-refractivity contribution in [2.45, 2.75) is 32.6 Å². The van der Waals surface area contributed by atoms with E-state index in [1.165, 1.54) is 0 Å². The van der Waals surface area contributed by atoms with E-state index >= 15 is 0 Å². The summed E-state index contributed by atoms with van der Waals surface area (Å²) in [6, 6.07) is 0. The Balaban J connectivity index is 2.19. The minimum atomic E-state index is 0.228. The highest BCUT2D eigenvalue weighted by molar-refractivity contribution is 5.84. The maximum absolute atomic E-state index is 11.2. The first-order valence-corrected chi connectivity index (χ1v) is 4.28. The topological polar surface area (TPSA) is 17.1 Å². The third-order valence-corrected chi connectivity index (χ3v) is 2.19. The zero-order valence-electron chi connectivity index (χ0n) is 6.97. The highest BCUT2D eigenvalue weighted by Gasteiger charge is 2.40. The minimum absolute atomic E-state index is 0.228. The Bertz CT molecular complexity index is 188. The summed E-state index contributed by atoms with van der Waals surface area (Å²) in [5, 5.41) is 0. The Labute approximate surface area is 68.2 Å². The molecule has 60 valence electrons. The van der Waals surface area contributed by atoms with Crippen LogP contribution in [0, 0.1) is 24.2 Å². The lowest BCUT2D eigenvalue weighted by Crippen LogP contribution is -2.01. The van der Waals surface area contributed by atoms with Crippen molar-refractivity contribution < 1.29 is 4.79 Å². The lowest BCUT2D eigenvalue weighted by atomic mass is 10.1. The van der Waals surface area contributed by atoms with E-state index in [4.69, 9.17) is 6.42 Å². The molecule has 11 heavy (non-hydrogen) atoms. The zero-order valence-corrected chi connectivity index (χ0v) is 6.97. The van der Waals surface area contributed by atoms with Gasteiger partial charge in [0.25, 0.3) is 0 Å². The molecule has 1 saturated carbocycles. The Kier molecular flexibility index (Phi) is 2.70. The SMILES string of the molecule is C#CC1CC1C(=O)CCCC. The van der Waals surface area contributed by atoms with Gasteiger partial charge in [0.1, 0.15) is 5.78 Å². The van der Waals surface area contributed by atoms with Gasteiger partial charge >= 0.3 is 0 Å². The van der Waals surface area contributed by atoms with Gasteiger partial charge in [-0.15, -0.1) is 12.3 Å². The minimum Gasteiger partial charge on any atom is -0.299 e. The van der Waals surface area contributed by atoms with Gasteiger partial charge in [0, 0.05) is 18.3 Å². The molecule has 0 aromatic heterocycles. The first-order valence-electron chi connectivity index (χ1n) is 4.28. The Morgan fingerprint density at radius 2 is 2.45 bits per heavy atom. The molecule has 1 aliphatic carbocycles. The van der Waals surface area contributed by atoms with Gasteiger partial charge in [-0.2, -0.15) is 0 Å². The number of unbranched alkanes of at least 4 members (excludes halogenated alkanes) is 1. The molecule has 0 aromatic rings. The second-order valence-electron chi connectivity index (χ2n) is 3.19. The smallest absolute Gasteiger partial charge is 0.137 e. The van der Waals surface area contributed by atoms with Crippen molar-refractivity contribution in [2.24, 2.45) is 11.8 Å². The maximum Gasteiger partial charge on any atom is 0.137 e. The van der Waals surface area contributed by atoms with E-state index in [9.17, 15) is 4.79 Å². The van der Waals surface area contributed by atoms with Gasteiger partial charge in [-0.05, 0) is 12.8 Å². The van der Waals surface area contributed by atoms with Crippen molar-refractivity contribution in [1.82, 2.24) is 0 Å². The predicted octanol–water partition coefficient (Wildman–Crippen LogP) is 2.02. The number of rotatable bonds is 4. The highest BCUT2D eigenvalue weighted by Crippen LogP contribution is 2.39. The molecule has 1 aliphatic rings. The third-order valence-electron chi connectivity index (χ3n) is 2.19. The molecular weight excluding hydrogens is 136 g/mol. The van der Waals surface area contributed by atoms with Crippen LogP contribution < -0.4 is 0 Å². The number of carbonyl (C=O) groups excluding carboxylic acids is 1. The largest absolute Gasteiger partial charge is 0.299 e. The van der Waals surface area contributed by atoms with E-state index in [1.807, 2.05) is 0 Å². The monoisotopic (exact) mass is 150 g/mol. The quantitative estimate of drug-likeness (QED) is 0.560. The van der Waals surface area contributed by atoms with Crippen LogP contribution in [0.5, 0.6) is 0 Å². The fraction of sp³-hybridized carbons (Fsp3) is 0.700. The summed E-state index contributed by atoms with van der Waals surface area (Å²) >= 11 is 0. The van der Waals surface area contributed by atoms with E-state index in [-0.39, 0.29) is 11.8 Å². The fourth-order valence-electron chi connectivity index (χ4n) is 1.27. The standard InChI is InChI=1S/C10H14O/c1-3-5-6-10(11)9-7-8(9)4-2/h2,8-9H,3,5-7H2,1H3. The number of carbonyl (C=O) groups is 1.